The third kappa shape index (κ3) is 1.84. The molecule has 0 saturated carbocycles. The van der Waals surface area contributed by atoms with Crippen molar-refractivity contribution in [3.63, 3.8) is 0 Å². The lowest BCUT2D eigenvalue weighted by atomic mass is 10.3. The first-order valence-electron chi connectivity index (χ1n) is 5.04. The van der Waals surface area contributed by atoms with Crippen LogP contribution in [0, 0.1) is 24.0 Å². The molecular formula is C11H11N3O3. The van der Waals surface area contributed by atoms with Crippen molar-refractivity contribution in [2.75, 3.05) is 0 Å². The fraction of sp³-hybridized carbons (Fsp3) is 0.182. The summed E-state index contributed by atoms with van der Waals surface area (Å²) in [4.78, 5) is 22.0. The topological polar surface area (TPSA) is 80.9 Å². The van der Waals surface area contributed by atoms with E-state index >= 15 is 0 Å². The van der Waals surface area contributed by atoms with Crippen LogP contribution in [0.4, 0.5) is 5.69 Å². The first kappa shape index (κ1) is 11.1. The first-order valence-corrected chi connectivity index (χ1v) is 5.04. The maximum atomic E-state index is 11.8. The van der Waals surface area contributed by atoms with Gasteiger partial charge in [-0.1, -0.05) is 6.07 Å². The van der Waals surface area contributed by atoms with Crippen LogP contribution in [0.15, 0.2) is 29.1 Å². The number of hydrogen-bond donors (Lipinski definition) is 1. The van der Waals surface area contributed by atoms with Crippen LogP contribution in [0.5, 0.6) is 0 Å². The lowest BCUT2D eigenvalue weighted by Crippen LogP contribution is -2.15. The van der Waals surface area contributed by atoms with Crippen molar-refractivity contribution < 1.29 is 4.92 Å². The zero-order valence-corrected chi connectivity index (χ0v) is 9.43. The number of rotatable bonds is 2. The molecule has 2 aromatic rings. The Kier molecular flexibility index (Phi) is 2.55. The van der Waals surface area contributed by atoms with Gasteiger partial charge in [0.05, 0.1) is 10.6 Å². The summed E-state index contributed by atoms with van der Waals surface area (Å²) in [5, 5.41) is 13.5. The van der Waals surface area contributed by atoms with E-state index in [9.17, 15) is 14.9 Å². The fourth-order valence-corrected chi connectivity index (χ4v) is 1.56. The predicted octanol–water partition coefficient (Wildman–Crippen LogP) is 1.69. The molecule has 0 radical (unpaired) electrons. The standard InChI is InChI=1S/C11H11N3O3/c1-7-8(2)12-13(11(7)15)9-4-3-5-10(6-9)14(16)17/h3-6,12H,1-2H3. The molecule has 0 unspecified atom stereocenters. The summed E-state index contributed by atoms with van der Waals surface area (Å²) in [5.74, 6) is 0. The number of hydrogen-bond acceptors (Lipinski definition) is 3. The largest absolute Gasteiger partial charge is 0.295 e. The van der Waals surface area contributed by atoms with E-state index in [2.05, 4.69) is 5.10 Å². The van der Waals surface area contributed by atoms with Crippen LogP contribution < -0.4 is 5.56 Å². The summed E-state index contributed by atoms with van der Waals surface area (Å²) >= 11 is 0. The van der Waals surface area contributed by atoms with Gasteiger partial charge in [-0.25, -0.2) is 4.68 Å². The van der Waals surface area contributed by atoms with Gasteiger partial charge in [0.15, 0.2) is 0 Å². The summed E-state index contributed by atoms with van der Waals surface area (Å²) in [7, 11) is 0. The molecular weight excluding hydrogens is 222 g/mol. The molecule has 0 spiro atoms. The fourth-order valence-electron chi connectivity index (χ4n) is 1.56. The summed E-state index contributed by atoms with van der Waals surface area (Å²) in [6.07, 6.45) is 0. The molecule has 0 aliphatic rings. The number of nitro groups is 1. The number of non-ortho nitro benzene ring substituents is 1. The summed E-state index contributed by atoms with van der Waals surface area (Å²) < 4.78 is 1.30. The quantitative estimate of drug-likeness (QED) is 0.633. The van der Waals surface area contributed by atoms with Gasteiger partial charge in [0.1, 0.15) is 0 Å². The van der Waals surface area contributed by atoms with Crippen LogP contribution in [0.2, 0.25) is 0 Å². The highest BCUT2D eigenvalue weighted by Gasteiger charge is 2.11. The van der Waals surface area contributed by atoms with E-state index in [0.29, 0.717) is 11.3 Å². The van der Waals surface area contributed by atoms with Gasteiger partial charge in [-0.15, -0.1) is 0 Å². The highest BCUT2D eigenvalue weighted by atomic mass is 16.6. The number of H-pyrrole nitrogens is 1. The molecule has 0 aliphatic heterocycles. The molecule has 1 heterocycles. The van der Waals surface area contributed by atoms with Crippen molar-refractivity contribution in [3.05, 3.63) is 56.0 Å². The van der Waals surface area contributed by atoms with Gasteiger partial charge in [0, 0.05) is 23.4 Å². The average molecular weight is 233 g/mol. The Hall–Kier alpha value is -2.37. The van der Waals surface area contributed by atoms with Crippen LogP contribution in [0.25, 0.3) is 5.69 Å². The van der Waals surface area contributed by atoms with E-state index in [1.807, 2.05) is 0 Å². The minimum Gasteiger partial charge on any atom is -0.295 e. The number of nitro benzene ring substituents is 1. The number of aromatic amines is 1. The van der Waals surface area contributed by atoms with Crippen LogP contribution in [0.1, 0.15) is 11.3 Å². The monoisotopic (exact) mass is 233 g/mol. The molecule has 6 heteroatoms. The van der Waals surface area contributed by atoms with Gasteiger partial charge in [-0.05, 0) is 19.9 Å². The normalized spacial score (nSPS) is 10.5. The molecule has 0 aliphatic carbocycles. The highest BCUT2D eigenvalue weighted by Crippen LogP contribution is 2.15. The molecule has 0 amide bonds. The second-order valence-electron chi connectivity index (χ2n) is 3.78. The Morgan fingerprint density at radius 2 is 2.06 bits per heavy atom. The molecule has 0 bridgehead atoms. The second kappa shape index (κ2) is 3.89. The number of nitrogens with zero attached hydrogens (tertiary/aromatic N) is 2. The van der Waals surface area contributed by atoms with Gasteiger partial charge in [0.25, 0.3) is 11.2 Å². The molecule has 1 aromatic carbocycles. The molecule has 2 rings (SSSR count). The number of nitrogens with one attached hydrogen (secondary N) is 1. The van der Waals surface area contributed by atoms with Gasteiger partial charge in [-0.3, -0.25) is 20.0 Å². The maximum Gasteiger partial charge on any atom is 0.274 e. The Morgan fingerprint density at radius 1 is 1.35 bits per heavy atom. The Balaban J connectivity index is 2.61. The van der Waals surface area contributed by atoms with E-state index in [4.69, 9.17) is 0 Å². The van der Waals surface area contributed by atoms with Gasteiger partial charge in [0.2, 0.25) is 0 Å². The molecule has 17 heavy (non-hydrogen) atoms. The van der Waals surface area contributed by atoms with E-state index in [-0.39, 0.29) is 11.2 Å². The smallest absolute Gasteiger partial charge is 0.274 e. The first-order chi connectivity index (χ1) is 8.00. The highest BCUT2D eigenvalue weighted by molar-refractivity contribution is 5.43. The molecule has 88 valence electrons. The van der Waals surface area contributed by atoms with Crippen LogP contribution in [0.3, 0.4) is 0 Å². The van der Waals surface area contributed by atoms with Crippen LogP contribution in [-0.2, 0) is 0 Å². The van der Waals surface area contributed by atoms with Gasteiger partial charge in [-0.2, -0.15) is 0 Å². The Bertz CT molecular complexity index is 640. The third-order valence-corrected chi connectivity index (χ3v) is 2.66. The number of benzene rings is 1. The van der Waals surface area contributed by atoms with Crippen LogP contribution in [-0.4, -0.2) is 14.7 Å². The van der Waals surface area contributed by atoms with Crippen molar-refractivity contribution in [2.45, 2.75) is 13.8 Å². The Labute approximate surface area is 96.6 Å². The predicted molar refractivity (Wildman–Crippen MR) is 62.5 cm³/mol. The van der Waals surface area contributed by atoms with Crippen molar-refractivity contribution in [1.82, 2.24) is 9.78 Å². The molecule has 0 saturated heterocycles. The van der Waals surface area contributed by atoms with Crippen molar-refractivity contribution in [3.8, 4) is 5.69 Å². The average Bonchev–Trinajstić information content (AvgIpc) is 2.57. The Morgan fingerprint density at radius 3 is 2.59 bits per heavy atom. The zero-order valence-electron chi connectivity index (χ0n) is 9.43. The zero-order chi connectivity index (χ0) is 12.6. The SMILES string of the molecule is Cc1[nH]n(-c2cccc([N+](=O)[O-])c2)c(=O)c1C. The van der Waals surface area contributed by atoms with E-state index in [1.165, 1.54) is 16.8 Å². The lowest BCUT2D eigenvalue weighted by molar-refractivity contribution is -0.384. The van der Waals surface area contributed by atoms with Crippen LogP contribution >= 0.6 is 0 Å². The molecule has 0 atom stereocenters. The van der Waals surface area contributed by atoms with E-state index < -0.39 is 4.92 Å². The second-order valence-corrected chi connectivity index (χ2v) is 3.78. The summed E-state index contributed by atoms with van der Waals surface area (Å²) in [6, 6.07) is 5.93. The van der Waals surface area contributed by atoms with Crippen molar-refractivity contribution >= 4 is 5.69 Å². The number of aromatic nitrogens is 2. The number of aryl methyl sites for hydroxylation is 1. The maximum absolute atomic E-state index is 11.8. The molecule has 1 aromatic heterocycles. The van der Waals surface area contributed by atoms with E-state index in [0.717, 1.165) is 5.69 Å². The summed E-state index contributed by atoms with van der Waals surface area (Å²) in [5.41, 5.74) is 1.58. The minimum atomic E-state index is -0.489. The summed E-state index contributed by atoms with van der Waals surface area (Å²) in [6.45, 7) is 3.49. The molecule has 1 N–H and O–H groups in total. The van der Waals surface area contributed by atoms with Gasteiger partial charge >= 0.3 is 0 Å². The van der Waals surface area contributed by atoms with E-state index in [1.54, 1.807) is 26.0 Å². The molecule has 6 nitrogen and oxygen atoms in total. The molecule has 0 fully saturated rings. The minimum absolute atomic E-state index is 0.0423. The third-order valence-electron chi connectivity index (χ3n) is 2.66. The van der Waals surface area contributed by atoms with Crippen molar-refractivity contribution in [1.29, 1.82) is 0 Å². The van der Waals surface area contributed by atoms with Crippen molar-refractivity contribution in [2.24, 2.45) is 0 Å². The lowest BCUT2D eigenvalue weighted by Gasteiger charge is -2.00. The van der Waals surface area contributed by atoms with Gasteiger partial charge < -0.3 is 0 Å².